The second-order valence-corrected chi connectivity index (χ2v) is 7.98. The highest BCUT2D eigenvalue weighted by atomic mass is 32.2. The predicted molar refractivity (Wildman–Crippen MR) is 108 cm³/mol. The van der Waals surface area contributed by atoms with Crippen LogP contribution in [0.5, 0.6) is 0 Å². The van der Waals surface area contributed by atoms with Crippen molar-refractivity contribution in [2.45, 2.75) is 4.90 Å². The van der Waals surface area contributed by atoms with Gasteiger partial charge < -0.3 is 0 Å². The van der Waals surface area contributed by atoms with E-state index in [0.717, 1.165) is 0 Å². The van der Waals surface area contributed by atoms with Crippen molar-refractivity contribution in [1.29, 1.82) is 0 Å². The van der Waals surface area contributed by atoms with Gasteiger partial charge in [0, 0.05) is 16.9 Å². The van der Waals surface area contributed by atoms with Gasteiger partial charge in [0.25, 0.3) is 5.91 Å². The van der Waals surface area contributed by atoms with Gasteiger partial charge in [-0.15, -0.1) is 0 Å². The summed E-state index contributed by atoms with van der Waals surface area (Å²) in [6.07, 6.45) is 0. The minimum atomic E-state index is -3.65. The van der Waals surface area contributed by atoms with Gasteiger partial charge in [0.1, 0.15) is 0 Å². The Balaban J connectivity index is 1.92. The zero-order valence-corrected chi connectivity index (χ0v) is 15.5. The van der Waals surface area contributed by atoms with Crippen molar-refractivity contribution in [3.63, 3.8) is 0 Å². The van der Waals surface area contributed by atoms with Crippen LogP contribution >= 0.6 is 0 Å². The lowest BCUT2D eigenvalue weighted by Crippen LogP contribution is -2.29. The fourth-order valence-corrected chi connectivity index (χ4v) is 4.02. The van der Waals surface area contributed by atoms with Crippen LogP contribution in [0.1, 0.15) is 0 Å². The van der Waals surface area contributed by atoms with E-state index in [4.69, 9.17) is 0 Å². The van der Waals surface area contributed by atoms with E-state index in [1.54, 1.807) is 42.5 Å². The van der Waals surface area contributed by atoms with Crippen molar-refractivity contribution < 1.29 is 13.2 Å². The lowest BCUT2D eigenvalue weighted by Gasteiger charge is -2.24. The summed E-state index contributed by atoms with van der Waals surface area (Å²) in [6.45, 7) is 3.77. The second kappa shape index (κ2) is 8.01. The molecule has 0 radical (unpaired) electrons. The predicted octanol–water partition coefficient (Wildman–Crippen LogP) is 4.38. The molecule has 0 saturated carbocycles. The van der Waals surface area contributed by atoms with Gasteiger partial charge in [0.15, 0.2) is 9.84 Å². The van der Waals surface area contributed by atoms with E-state index in [2.05, 4.69) is 6.58 Å². The molecule has 0 bridgehead atoms. The number of hydrogen-bond acceptors (Lipinski definition) is 3. The van der Waals surface area contributed by atoms with E-state index in [0.29, 0.717) is 11.4 Å². The van der Waals surface area contributed by atoms with Crippen molar-refractivity contribution in [3.8, 4) is 0 Å². The maximum Gasteiger partial charge on any atom is 0.259 e. The van der Waals surface area contributed by atoms with Crippen molar-refractivity contribution in [2.24, 2.45) is 0 Å². The number of amides is 1. The van der Waals surface area contributed by atoms with Gasteiger partial charge >= 0.3 is 0 Å². The molecule has 4 nitrogen and oxygen atoms in total. The number of hydrogen-bond donors (Lipinski definition) is 0. The molecular weight excluding hydrogens is 358 g/mol. The Bertz CT molecular complexity index is 991. The smallest absolute Gasteiger partial charge is 0.259 e. The average molecular weight is 377 g/mol. The standard InChI is InChI=1S/C22H19NO3S/c1-18(17-27(25,26)21-15-9-4-10-16-21)22(24)23(19-11-5-2-6-12-19)20-13-7-3-8-14-20/h2-16H,1,17H2. The first-order chi connectivity index (χ1) is 13.0. The third-order valence-corrected chi connectivity index (χ3v) is 5.72. The Kier molecular flexibility index (Phi) is 5.52. The number of sulfone groups is 1. The molecule has 5 heteroatoms. The molecule has 0 atom stereocenters. The zero-order chi connectivity index (χ0) is 19.3. The lowest BCUT2D eigenvalue weighted by molar-refractivity contribution is -0.114. The Hall–Kier alpha value is -3.18. The number of carbonyl (C=O) groups is 1. The SMILES string of the molecule is C=C(CS(=O)(=O)c1ccccc1)C(=O)N(c1ccccc1)c1ccccc1. The van der Waals surface area contributed by atoms with Crippen LogP contribution in [0.25, 0.3) is 0 Å². The van der Waals surface area contributed by atoms with Crippen molar-refractivity contribution >= 4 is 27.1 Å². The molecule has 0 saturated heterocycles. The average Bonchev–Trinajstić information content (AvgIpc) is 2.70. The minimum Gasteiger partial charge on any atom is -0.277 e. The summed E-state index contributed by atoms with van der Waals surface area (Å²) in [6, 6.07) is 26.2. The number of benzene rings is 3. The highest BCUT2D eigenvalue weighted by Gasteiger charge is 2.25. The Morgan fingerprint density at radius 1 is 0.741 bits per heavy atom. The molecule has 0 aliphatic heterocycles. The van der Waals surface area contributed by atoms with Crippen LogP contribution < -0.4 is 4.90 Å². The van der Waals surface area contributed by atoms with E-state index in [-0.39, 0.29) is 10.5 Å². The number of nitrogens with zero attached hydrogens (tertiary/aromatic N) is 1. The van der Waals surface area contributed by atoms with E-state index in [1.165, 1.54) is 17.0 Å². The molecule has 1 amide bonds. The molecule has 3 aromatic carbocycles. The molecule has 0 N–H and O–H groups in total. The molecule has 27 heavy (non-hydrogen) atoms. The summed E-state index contributed by atoms with van der Waals surface area (Å²) >= 11 is 0. The van der Waals surface area contributed by atoms with Crippen molar-refractivity contribution in [3.05, 3.63) is 103 Å². The normalized spacial score (nSPS) is 11.0. The van der Waals surface area contributed by atoms with E-state index in [1.807, 2.05) is 36.4 Å². The number of rotatable bonds is 6. The van der Waals surface area contributed by atoms with Crippen LogP contribution in [0.15, 0.2) is 108 Å². The highest BCUT2D eigenvalue weighted by Crippen LogP contribution is 2.27. The van der Waals surface area contributed by atoms with Gasteiger partial charge in [-0.1, -0.05) is 61.2 Å². The first kappa shape index (κ1) is 18.6. The van der Waals surface area contributed by atoms with Gasteiger partial charge in [-0.25, -0.2) is 8.42 Å². The van der Waals surface area contributed by atoms with Crippen LogP contribution in [0, 0.1) is 0 Å². The quantitative estimate of drug-likeness (QED) is 0.599. The first-order valence-electron chi connectivity index (χ1n) is 8.39. The molecule has 0 spiro atoms. The third-order valence-electron chi connectivity index (χ3n) is 4.00. The van der Waals surface area contributed by atoms with Crippen LogP contribution in [-0.2, 0) is 14.6 Å². The molecule has 0 aliphatic carbocycles. The van der Waals surface area contributed by atoms with E-state index >= 15 is 0 Å². The summed E-state index contributed by atoms with van der Waals surface area (Å²) in [4.78, 5) is 14.8. The maximum absolute atomic E-state index is 13.1. The second-order valence-electron chi connectivity index (χ2n) is 5.99. The Labute approximate surface area is 159 Å². The maximum atomic E-state index is 13.1. The van der Waals surface area contributed by atoms with E-state index in [9.17, 15) is 13.2 Å². The highest BCUT2D eigenvalue weighted by molar-refractivity contribution is 7.91. The van der Waals surface area contributed by atoms with Gasteiger partial charge in [-0.3, -0.25) is 9.69 Å². The van der Waals surface area contributed by atoms with Crippen LogP contribution in [0.2, 0.25) is 0 Å². The largest absolute Gasteiger partial charge is 0.277 e. The van der Waals surface area contributed by atoms with Gasteiger partial charge in [0.05, 0.1) is 10.6 Å². The number of carbonyl (C=O) groups excluding carboxylic acids is 1. The molecular formula is C22H19NO3S. The molecule has 0 aliphatic rings. The third kappa shape index (κ3) is 4.33. The van der Waals surface area contributed by atoms with Gasteiger partial charge in [0.2, 0.25) is 0 Å². The van der Waals surface area contributed by atoms with Gasteiger partial charge in [-0.05, 0) is 36.4 Å². The summed E-state index contributed by atoms with van der Waals surface area (Å²) in [5.74, 6) is -0.890. The number of anilines is 2. The Morgan fingerprint density at radius 2 is 1.15 bits per heavy atom. The van der Waals surface area contributed by atoms with Gasteiger partial charge in [-0.2, -0.15) is 0 Å². The van der Waals surface area contributed by atoms with E-state index < -0.39 is 21.5 Å². The number of para-hydroxylation sites is 2. The summed E-state index contributed by atoms with van der Waals surface area (Å²) in [5, 5.41) is 0. The monoisotopic (exact) mass is 377 g/mol. The summed E-state index contributed by atoms with van der Waals surface area (Å²) in [5.41, 5.74) is 1.30. The van der Waals surface area contributed by atoms with Crippen LogP contribution in [0.3, 0.4) is 0 Å². The minimum absolute atomic E-state index is 0.00607. The zero-order valence-electron chi connectivity index (χ0n) is 14.7. The molecule has 136 valence electrons. The van der Waals surface area contributed by atoms with Crippen LogP contribution in [-0.4, -0.2) is 20.1 Å². The Morgan fingerprint density at radius 3 is 1.59 bits per heavy atom. The lowest BCUT2D eigenvalue weighted by atomic mass is 10.2. The first-order valence-corrected chi connectivity index (χ1v) is 10.0. The summed E-state index contributed by atoms with van der Waals surface area (Å²) < 4.78 is 25.2. The topological polar surface area (TPSA) is 54.5 Å². The molecule has 0 fully saturated rings. The van der Waals surface area contributed by atoms with Crippen molar-refractivity contribution in [2.75, 3.05) is 10.7 Å². The molecule has 0 aromatic heterocycles. The fourth-order valence-electron chi connectivity index (χ4n) is 2.70. The summed E-state index contributed by atoms with van der Waals surface area (Å²) in [7, 11) is -3.65. The van der Waals surface area contributed by atoms with Crippen LogP contribution in [0.4, 0.5) is 11.4 Å². The molecule has 3 rings (SSSR count). The van der Waals surface area contributed by atoms with Crippen molar-refractivity contribution in [1.82, 2.24) is 0 Å². The molecule has 0 heterocycles. The fraction of sp³-hybridized carbons (Fsp3) is 0.0455. The molecule has 3 aromatic rings. The molecule has 0 unspecified atom stereocenters.